The maximum absolute atomic E-state index is 11.2. The third-order valence-corrected chi connectivity index (χ3v) is 9.10. The number of hydrogen-bond acceptors (Lipinski definition) is 1. The number of aliphatic carboxylic acids is 1. The molecule has 1 N–H and O–H groups in total. The third-order valence-electron chi connectivity index (χ3n) is 3.73. The van der Waals surface area contributed by atoms with E-state index in [1.807, 2.05) is 0 Å². The van der Waals surface area contributed by atoms with E-state index in [9.17, 15) is 9.90 Å². The summed E-state index contributed by atoms with van der Waals surface area (Å²) in [4.78, 5) is 11.2. The lowest BCUT2D eigenvalue weighted by Crippen LogP contribution is -2.34. The van der Waals surface area contributed by atoms with Gasteiger partial charge >= 0.3 is 5.97 Å². The van der Waals surface area contributed by atoms with Gasteiger partial charge in [0, 0.05) is 5.57 Å². The second-order valence-electron chi connectivity index (χ2n) is 6.30. The zero-order chi connectivity index (χ0) is 14.9. The number of carboxylic acid groups (broad SMARTS) is 1. The highest BCUT2D eigenvalue weighted by Gasteiger charge is 2.31. The van der Waals surface area contributed by atoms with Crippen molar-refractivity contribution >= 4 is 14.0 Å². The molecule has 19 heavy (non-hydrogen) atoms. The number of carbonyl (C=O) groups is 1. The fourth-order valence-electron chi connectivity index (χ4n) is 2.92. The van der Waals surface area contributed by atoms with Gasteiger partial charge in [0.05, 0.1) is 8.07 Å². The smallest absolute Gasteiger partial charge is 0.330 e. The molecule has 0 bridgehead atoms. The summed E-state index contributed by atoms with van der Waals surface area (Å²) in [6, 6.07) is 3.75. The molecule has 0 heterocycles. The van der Waals surface area contributed by atoms with Crippen molar-refractivity contribution in [3.8, 4) is 0 Å². The van der Waals surface area contributed by atoms with Gasteiger partial charge < -0.3 is 5.11 Å². The second-order valence-corrected chi connectivity index (χ2v) is 10.7. The van der Waals surface area contributed by atoms with Gasteiger partial charge in [-0.2, -0.15) is 0 Å². The Hall–Kier alpha value is -0.573. The minimum atomic E-state index is -1.57. The summed E-state index contributed by atoms with van der Waals surface area (Å²) < 4.78 is 0. The summed E-state index contributed by atoms with van der Waals surface area (Å²) in [5.74, 6) is -0.0770. The van der Waals surface area contributed by atoms with Crippen LogP contribution in [-0.2, 0) is 4.79 Å². The number of carboxylic acids is 1. The van der Waals surface area contributed by atoms with Gasteiger partial charge in [0.25, 0.3) is 0 Å². The number of unbranched alkanes of at least 4 members (excludes halogenated alkanes) is 2. The van der Waals surface area contributed by atoms with E-state index in [1.165, 1.54) is 43.8 Å². The van der Waals surface area contributed by atoms with Crippen LogP contribution in [0.2, 0.25) is 18.1 Å². The van der Waals surface area contributed by atoms with Gasteiger partial charge in [-0.15, -0.1) is 0 Å². The molecule has 0 radical (unpaired) electrons. The minimum Gasteiger partial charge on any atom is -0.478 e. The average molecular weight is 285 g/mol. The quantitative estimate of drug-likeness (QED) is 0.439. The molecule has 0 rings (SSSR count). The lowest BCUT2D eigenvalue weighted by atomic mass is 10.3. The van der Waals surface area contributed by atoms with Crippen molar-refractivity contribution in [2.24, 2.45) is 5.92 Å². The van der Waals surface area contributed by atoms with Gasteiger partial charge in [-0.25, -0.2) is 4.79 Å². The highest BCUT2D eigenvalue weighted by Crippen LogP contribution is 2.31. The lowest BCUT2D eigenvalue weighted by molar-refractivity contribution is -0.132. The zero-order valence-corrected chi connectivity index (χ0v) is 14.5. The molecule has 0 amide bonds. The fraction of sp³-hybridized carbons (Fsp3) is 0.812. The minimum absolute atomic E-state index is 0.569. The van der Waals surface area contributed by atoms with Crippen LogP contribution in [0.25, 0.3) is 0 Å². The molecule has 0 aliphatic rings. The largest absolute Gasteiger partial charge is 0.478 e. The molecule has 0 aromatic heterocycles. The molecule has 3 heteroatoms. The molecule has 112 valence electrons. The summed E-state index contributed by atoms with van der Waals surface area (Å²) in [5, 5.41) is 9.18. The van der Waals surface area contributed by atoms with E-state index in [0.29, 0.717) is 11.5 Å². The van der Waals surface area contributed by atoms with E-state index in [4.69, 9.17) is 0 Å². The molecule has 0 spiro atoms. The first-order valence-corrected chi connectivity index (χ1v) is 10.5. The van der Waals surface area contributed by atoms with Gasteiger partial charge in [0.2, 0.25) is 0 Å². The Labute approximate surface area is 120 Å². The second kappa shape index (κ2) is 9.35. The molecule has 0 aliphatic heterocycles. The maximum Gasteiger partial charge on any atom is 0.330 e. The van der Waals surface area contributed by atoms with Gasteiger partial charge in [-0.1, -0.05) is 77.2 Å². The SMILES string of the molecule is CCCC[Si](C=C(C)C(=O)O)(CCCC)CC(C)C. The summed E-state index contributed by atoms with van der Waals surface area (Å²) in [7, 11) is -1.57. The molecule has 0 aromatic rings. The Morgan fingerprint density at radius 2 is 1.63 bits per heavy atom. The summed E-state index contributed by atoms with van der Waals surface area (Å²) in [6.07, 6.45) is 4.90. The van der Waals surface area contributed by atoms with Crippen molar-refractivity contribution < 1.29 is 9.90 Å². The van der Waals surface area contributed by atoms with Crippen molar-refractivity contribution in [1.29, 1.82) is 0 Å². The van der Waals surface area contributed by atoms with E-state index in [-0.39, 0.29) is 0 Å². The van der Waals surface area contributed by atoms with Crippen LogP contribution in [0.15, 0.2) is 11.3 Å². The number of rotatable bonds is 10. The normalized spacial score (nSPS) is 13.1. The Morgan fingerprint density at radius 1 is 1.16 bits per heavy atom. The molecular weight excluding hydrogens is 252 g/mol. The first-order chi connectivity index (χ1) is 8.87. The zero-order valence-electron chi connectivity index (χ0n) is 13.5. The third kappa shape index (κ3) is 7.56. The molecule has 0 aliphatic carbocycles. The van der Waals surface area contributed by atoms with Crippen LogP contribution in [0.4, 0.5) is 0 Å². The van der Waals surface area contributed by atoms with Crippen LogP contribution in [-0.4, -0.2) is 19.1 Å². The Kier molecular flexibility index (Phi) is 9.07. The van der Waals surface area contributed by atoms with E-state index in [1.54, 1.807) is 6.92 Å². The topological polar surface area (TPSA) is 37.3 Å². The van der Waals surface area contributed by atoms with Crippen molar-refractivity contribution in [2.75, 3.05) is 0 Å². The predicted octanol–water partition coefficient (Wildman–Crippen LogP) is 5.26. The first-order valence-electron chi connectivity index (χ1n) is 7.79. The van der Waals surface area contributed by atoms with Crippen molar-refractivity contribution in [3.05, 3.63) is 11.3 Å². The van der Waals surface area contributed by atoms with Crippen LogP contribution in [0, 0.1) is 5.92 Å². The predicted molar refractivity (Wildman–Crippen MR) is 86.2 cm³/mol. The van der Waals surface area contributed by atoms with Crippen molar-refractivity contribution in [2.45, 2.75) is 78.4 Å². The van der Waals surface area contributed by atoms with Gasteiger partial charge in [-0.05, 0) is 12.8 Å². The molecule has 2 nitrogen and oxygen atoms in total. The molecule has 0 saturated heterocycles. The van der Waals surface area contributed by atoms with Crippen LogP contribution in [0.5, 0.6) is 0 Å². The van der Waals surface area contributed by atoms with E-state index in [0.717, 1.165) is 0 Å². The Balaban J connectivity index is 5.19. The van der Waals surface area contributed by atoms with Gasteiger partial charge in [0.15, 0.2) is 0 Å². The molecule has 0 fully saturated rings. The van der Waals surface area contributed by atoms with Crippen LogP contribution >= 0.6 is 0 Å². The maximum atomic E-state index is 11.2. The fourth-order valence-corrected chi connectivity index (χ4v) is 8.77. The molecule has 0 saturated carbocycles. The van der Waals surface area contributed by atoms with Gasteiger partial charge in [-0.3, -0.25) is 0 Å². The highest BCUT2D eigenvalue weighted by atomic mass is 28.3. The lowest BCUT2D eigenvalue weighted by Gasteiger charge is -2.31. The van der Waals surface area contributed by atoms with Crippen LogP contribution < -0.4 is 0 Å². The van der Waals surface area contributed by atoms with Crippen LogP contribution in [0.1, 0.15) is 60.3 Å². The Bertz CT molecular complexity index is 287. The monoisotopic (exact) mass is 284 g/mol. The van der Waals surface area contributed by atoms with Crippen molar-refractivity contribution in [1.82, 2.24) is 0 Å². The summed E-state index contributed by atoms with van der Waals surface area (Å²) in [5.41, 5.74) is 2.76. The summed E-state index contributed by atoms with van der Waals surface area (Å²) >= 11 is 0. The summed E-state index contributed by atoms with van der Waals surface area (Å²) in [6.45, 7) is 10.7. The van der Waals surface area contributed by atoms with Crippen LogP contribution in [0.3, 0.4) is 0 Å². The van der Waals surface area contributed by atoms with E-state index < -0.39 is 14.0 Å². The molecule has 0 aromatic carbocycles. The van der Waals surface area contributed by atoms with Crippen molar-refractivity contribution in [3.63, 3.8) is 0 Å². The standard InChI is InChI=1S/C16H32O2Si/c1-6-8-10-19(11-9-7-2,12-14(3)4)13-15(5)16(17)18/h13-14H,6-12H2,1-5H3,(H,17,18). The van der Waals surface area contributed by atoms with E-state index in [2.05, 4.69) is 33.4 Å². The first kappa shape index (κ1) is 18.4. The molecular formula is C16H32O2Si. The Morgan fingerprint density at radius 3 is 1.95 bits per heavy atom. The van der Waals surface area contributed by atoms with E-state index >= 15 is 0 Å². The molecule has 0 atom stereocenters. The highest BCUT2D eigenvalue weighted by molar-refractivity contribution is 6.84. The molecule has 0 unspecified atom stereocenters. The number of hydrogen-bond donors (Lipinski definition) is 1. The van der Waals surface area contributed by atoms with Gasteiger partial charge in [0.1, 0.15) is 0 Å². The average Bonchev–Trinajstić information content (AvgIpc) is 2.33.